The second-order valence-electron chi connectivity index (χ2n) is 10.3. The summed E-state index contributed by atoms with van der Waals surface area (Å²) in [5.74, 6) is 2.23. The lowest BCUT2D eigenvalue weighted by molar-refractivity contribution is 0.161. The van der Waals surface area contributed by atoms with E-state index < -0.39 is 0 Å². The van der Waals surface area contributed by atoms with Crippen LogP contribution in [0.25, 0.3) is 10.9 Å². The lowest BCUT2D eigenvalue weighted by atomic mass is 10.0. The Balaban J connectivity index is 1.38. The predicted octanol–water partition coefficient (Wildman–Crippen LogP) is 5.06. The Morgan fingerprint density at radius 2 is 1.75 bits per heavy atom. The van der Waals surface area contributed by atoms with Crippen molar-refractivity contribution in [1.29, 1.82) is 0 Å². The predicted molar refractivity (Wildman–Crippen MR) is 152 cm³/mol. The van der Waals surface area contributed by atoms with Crippen LogP contribution in [-0.2, 0) is 19.6 Å². The van der Waals surface area contributed by atoms with Gasteiger partial charge >= 0.3 is 0 Å². The second-order valence-corrected chi connectivity index (χ2v) is 10.3. The summed E-state index contributed by atoms with van der Waals surface area (Å²) in [5, 5.41) is 13.8. The van der Waals surface area contributed by atoms with Gasteiger partial charge in [0.2, 0.25) is 6.79 Å². The number of benzene rings is 3. The van der Waals surface area contributed by atoms with Crippen LogP contribution in [0.3, 0.4) is 0 Å². The number of aryl methyl sites for hydroxylation is 2. The fourth-order valence-corrected chi connectivity index (χ4v) is 5.33. The average molecular weight is 537 g/mol. The highest BCUT2D eigenvalue weighted by molar-refractivity contribution is 5.80. The minimum atomic E-state index is -0.140. The molecule has 204 valence electrons. The van der Waals surface area contributed by atoms with Gasteiger partial charge in [-0.3, -0.25) is 9.69 Å². The monoisotopic (exact) mass is 536 g/mol. The van der Waals surface area contributed by atoms with Crippen molar-refractivity contribution in [3.63, 3.8) is 0 Å². The highest BCUT2D eigenvalue weighted by Gasteiger charge is 2.27. The van der Waals surface area contributed by atoms with Gasteiger partial charge in [-0.25, -0.2) is 4.68 Å². The molecule has 0 amide bonds. The number of pyridine rings is 1. The van der Waals surface area contributed by atoms with Crippen LogP contribution in [0.15, 0.2) is 71.5 Å². The zero-order valence-electron chi connectivity index (χ0n) is 22.9. The van der Waals surface area contributed by atoms with Gasteiger partial charge in [-0.05, 0) is 88.7 Å². The van der Waals surface area contributed by atoms with Crippen molar-refractivity contribution in [1.82, 2.24) is 30.1 Å². The van der Waals surface area contributed by atoms with Crippen LogP contribution in [0, 0.1) is 13.8 Å². The van der Waals surface area contributed by atoms with Crippen molar-refractivity contribution < 1.29 is 9.47 Å². The fraction of sp³-hybridized carbons (Fsp3) is 0.290. The van der Waals surface area contributed by atoms with E-state index in [1.807, 2.05) is 53.2 Å². The summed E-state index contributed by atoms with van der Waals surface area (Å²) in [6.07, 6.45) is 0.753. The molecular formula is C31H32N6O3. The first kappa shape index (κ1) is 25.8. The Hall–Kier alpha value is -4.50. The highest BCUT2D eigenvalue weighted by Crippen LogP contribution is 2.34. The third kappa shape index (κ3) is 5.20. The number of rotatable bonds is 9. The van der Waals surface area contributed by atoms with Crippen LogP contribution in [0.1, 0.15) is 53.0 Å². The minimum absolute atomic E-state index is 0.0924. The summed E-state index contributed by atoms with van der Waals surface area (Å²) in [7, 11) is 0. The summed E-state index contributed by atoms with van der Waals surface area (Å²) in [6.45, 7) is 8.04. The first-order valence-corrected chi connectivity index (χ1v) is 13.5. The maximum Gasteiger partial charge on any atom is 0.252 e. The third-order valence-corrected chi connectivity index (χ3v) is 7.59. The van der Waals surface area contributed by atoms with Gasteiger partial charge in [0.25, 0.3) is 5.56 Å². The van der Waals surface area contributed by atoms with E-state index in [4.69, 9.17) is 9.47 Å². The van der Waals surface area contributed by atoms with Gasteiger partial charge in [0.1, 0.15) is 0 Å². The molecule has 1 aliphatic heterocycles. The van der Waals surface area contributed by atoms with E-state index in [9.17, 15) is 4.79 Å². The average Bonchev–Trinajstić information content (AvgIpc) is 3.61. The molecule has 1 atom stereocenters. The van der Waals surface area contributed by atoms with E-state index in [-0.39, 0.29) is 18.4 Å². The van der Waals surface area contributed by atoms with E-state index >= 15 is 0 Å². The number of aromatic amines is 1. The van der Waals surface area contributed by atoms with Gasteiger partial charge in [0.15, 0.2) is 17.3 Å². The van der Waals surface area contributed by atoms with Crippen LogP contribution < -0.4 is 15.0 Å². The maximum absolute atomic E-state index is 13.3. The molecule has 0 saturated carbocycles. The number of hydrogen-bond donors (Lipinski definition) is 1. The van der Waals surface area contributed by atoms with Gasteiger partial charge in [-0.2, -0.15) is 0 Å². The summed E-state index contributed by atoms with van der Waals surface area (Å²) >= 11 is 0. The number of nitrogens with zero attached hydrogens (tertiary/aromatic N) is 5. The van der Waals surface area contributed by atoms with Crippen LogP contribution in [-0.4, -0.2) is 36.9 Å². The van der Waals surface area contributed by atoms with Crippen LogP contribution in [0.2, 0.25) is 0 Å². The number of H-pyrrole nitrogens is 1. The standard InChI is InChI=1S/C31H32N6O3/c1-4-27(30-33-34-35-37(30)17-22-8-6-5-7-9-22)36(16-23-10-11-28-29(14-23)40-19-39-28)18-25-15-24-12-20(2)21(3)13-26(24)32-31(25)38/h5-15,27H,4,16-19H2,1-3H3,(H,32,38). The van der Waals surface area contributed by atoms with Crippen LogP contribution >= 0.6 is 0 Å². The molecule has 0 radical (unpaired) electrons. The number of hydrogen-bond acceptors (Lipinski definition) is 7. The van der Waals surface area contributed by atoms with E-state index in [0.717, 1.165) is 51.3 Å². The minimum Gasteiger partial charge on any atom is -0.454 e. The first-order chi connectivity index (χ1) is 19.5. The Bertz CT molecular complexity index is 1710. The molecule has 40 heavy (non-hydrogen) atoms. The van der Waals surface area contributed by atoms with Gasteiger partial charge in [0.05, 0.1) is 12.6 Å². The molecule has 5 aromatic rings. The number of aromatic nitrogens is 5. The molecule has 0 fully saturated rings. The molecule has 0 aliphatic carbocycles. The number of tetrazole rings is 1. The van der Waals surface area contributed by atoms with Crippen molar-refractivity contribution >= 4 is 10.9 Å². The molecule has 0 bridgehead atoms. The Morgan fingerprint density at radius 3 is 2.58 bits per heavy atom. The van der Waals surface area contributed by atoms with Gasteiger partial charge < -0.3 is 14.5 Å². The normalized spacial score (nSPS) is 13.3. The van der Waals surface area contributed by atoms with E-state index in [0.29, 0.717) is 25.2 Å². The van der Waals surface area contributed by atoms with Crippen molar-refractivity contribution in [2.24, 2.45) is 0 Å². The molecule has 3 heterocycles. The molecular weight excluding hydrogens is 504 g/mol. The molecule has 3 aromatic carbocycles. The van der Waals surface area contributed by atoms with Crippen LogP contribution in [0.4, 0.5) is 0 Å². The van der Waals surface area contributed by atoms with E-state index in [2.05, 4.69) is 64.4 Å². The zero-order valence-corrected chi connectivity index (χ0v) is 22.9. The summed E-state index contributed by atoms with van der Waals surface area (Å²) in [6, 6.07) is 22.2. The van der Waals surface area contributed by atoms with Crippen molar-refractivity contribution in [2.75, 3.05) is 6.79 Å². The van der Waals surface area contributed by atoms with Gasteiger partial charge in [-0.15, -0.1) is 5.10 Å². The second kappa shape index (κ2) is 10.9. The quantitative estimate of drug-likeness (QED) is 0.281. The molecule has 1 aliphatic rings. The van der Waals surface area contributed by atoms with E-state index in [1.54, 1.807) is 0 Å². The van der Waals surface area contributed by atoms with E-state index in [1.165, 1.54) is 5.56 Å². The topological polar surface area (TPSA) is 98.2 Å². The summed E-state index contributed by atoms with van der Waals surface area (Å²) < 4.78 is 13.0. The summed E-state index contributed by atoms with van der Waals surface area (Å²) in [5.41, 5.74) is 5.95. The lowest BCUT2D eigenvalue weighted by Crippen LogP contribution is -2.32. The highest BCUT2D eigenvalue weighted by atomic mass is 16.7. The fourth-order valence-electron chi connectivity index (χ4n) is 5.33. The molecule has 9 nitrogen and oxygen atoms in total. The molecule has 1 unspecified atom stereocenters. The largest absolute Gasteiger partial charge is 0.454 e. The Labute approximate surface area is 232 Å². The SMILES string of the molecule is CCC(c1nnnn1Cc1ccccc1)N(Cc1ccc2c(c1)OCO2)Cc1cc2cc(C)c(C)cc2[nH]c1=O. The number of fused-ring (bicyclic) bond motifs is 2. The number of ether oxygens (including phenoxy) is 2. The Kier molecular flexibility index (Phi) is 7.04. The summed E-state index contributed by atoms with van der Waals surface area (Å²) in [4.78, 5) is 18.7. The molecule has 0 spiro atoms. The zero-order chi connectivity index (χ0) is 27.6. The third-order valence-electron chi connectivity index (χ3n) is 7.59. The van der Waals surface area contributed by atoms with Gasteiger partial charge in [-0.1, -0.05) is 43.3 Å². The molecule has 1 N–H and O–H groups in total. The van der Waals surface area contributed by atoms with Crippen molar-refractivity contribution in [3.05, 3.63) is 111 Å². The lowest BCUT2D eigenvalue weighted by Gasteiger charge is -2.30. The first-order valence-electron chi connectivity index (χ1n) is 13.5. The maximum atomic E-state index is 13.3. The number of nitrogens with one attached hydrogen (secondary N) is 1. The smallest absolute Gasteiger partial charge is 0.252 e. The molecule has 9 heteroatoms. The molecule has 6 rings (SSSR count). The molecule has 0 saturated heterocycles. The van der Waals surface area contributed by atoms with Crippen molar-refractivity contribution in [3.8, 4) is 11.5 Å². The van der Waals surface area contributed by atoms with Crippen molar-refractivity contribution in [2.45, 2.75) is 52.9 Å². The molecule has 2 aromatic heterocycles. The Morgan fingerprint density at radius 1 is 0.950 bits per heavy atom. The van der Waals surface area contributed by atoms with Crippen LogP contribution in [0.5, 0.6) is 11.5 Å². The van der Waals surface area contributed by atoms with Gasteiger partial charge in [0, 0.05) is 24.2 Å².